The summed E-state index contributed by atoms with van der Waals surface area (Å²) in [5.41, 5.74) is -3.46. The Kier molecular flexibility index (Phi) is 3.53. The van der Waals surface area contributed by atoms with Gasteiger partial charge >= 0.3 is 11.4 Å². The molecule has 2 aliphatic heterocycles. The summed E-state index contributed by atoms with van der Waals surface area (Å²) in [7, 11) is 0. The van der Waals surface area contributed by atoms with E-state index in [1.807, 2.05) is 0 Å². The highest BCUT2D eigenvalue weighted by Crippen LogP contribution is 2.44. The van der Waals surface area contributed by atoms with Crippen LogP contribution in [-0.2, 0) is 5.21 Å². The van der Waals surface area contributed by atoms with E-state index in [1.54, 1.807) is 27.7 Å². The normalized spacial score (nSPS) is 19.9. The minimum Gasteiger partial charge on any atom is -0.286 e. The monoisotopic (exact) mass is 363 g/mol. The van der Waals surface area contributed by atoms with Crippen LogP contribution in [0.15, 0.2) is 33.8 Å². The van der Waals surface area contributed by atoms with Gasteiger partial charge < -0.3 is 0 Å². The van der Waals surface area contributed by atoms with E-state index in [9.17, 15) is 30.6 Å². The largest absolute Gasteiger partial charge is 0.348 e. The molecule has 0 spiro atoms. The molecule has 1 N–H and O–H groups in total. The summed E-state index contributed by atoms with van der Waals surface area (Å²) >= 11 is 0. The van der Waals surface area contributed by atoms with Crippen LogP contribution < -0.4 is 10.7 Å². The Labute approximate surface area is 146 Å². The predicted molar refractivity (Wildman–Crippen MR) is 83.4 cm³/mol. The van der Waals surface area contributed by atoms with Crippen LogP contribution in [0.4, 0.5) is 11.4 Å². The SMILES string of the molecule is CC1(C)N([O])C(=C2N=c3cc([N+](=O)[O-])c([N+](=O)[O-])cc3=N2)N(O)C1(C)C. The molecule has 26 heavy (non-hydrogen) atoms. The first-order valence-electron chi connectivity index (χ1n) is 7.50. The lowest BCUT2D eigenvalue weighted by atomic mass is 9.84. The molecular formula is C14H15N6O6. The first-order chi connectivity index (χ1) is 11.9. The van der Waals surface area contributed by atoms with E-state index in [1.165, 1.54) is 0 Å². The predicted octanol–water partition coefficient (Wildman–Crippen LogP) is 0.792. The van der Waals surface area contributed by atoms with E-state index in [-0.39, 0.29) is 22.4 Å². The minimum absolute atomic E-state index is 0.00844. The Hall–Kier alpha value is -3.12. The van der Waals surface area contributed by atoms with Gasteiger partial charge in [0, 0.05) is 0 Å². The molecule has 12 heteroatoms. The number of hydrogen-bond donors (Lipinski definition) is 1. The minimum atomic E-state index is -1.03. The van der Waals surface area contributed by atoms with Crippen LogP contribution in [0.3, 0.4) is 0 Å². The molecule has 2 heterocycles. The molecule has 0 amide bonds. The molecule has 1 aromatic rings. The number of nitro groups is 2. The van der Waals surface area contributed by atoms with Gasteiger partial charge in [-0.15, -0.1) is 0 Å². The first kappa shape index (κ1) is 17.7. The third kappa shape index (κ3) is 2.16. The zero-order valence-electron chi connectivity index (χ0n) is 14.3. The highest BCUT2D eigenvalue weighted by molar-refractivity contribution is 5.52. The van der Waals surface area contributed by atoms with Gasteiger partial charge in [-0.05, 0) is 27.7 Å². The Morgan fingerprint density at radius 3 is 1.69 bits per heavy atom. The Morgan fingerprint density at radius 1 is 0.962 bits per heavy atom. The van der Waals surface area contributed by atoms with Gasteiger partial charge in [-0.25, -0.2) is 15.0 Å². The molecule has 0 aliphatic carbocycles. The first-order valence-corrected chi connectivity index (χ1v) is 7.50. The number of fused-ring (bicyclic) bond motifs is 1. The number of nitrogens with zero attached hydrogens (tertiary/aromatic N) is 6. The van der Waals surface area contributed by atoms with Crippen molar-refractivity contribution < 1.29 is 20.3 Å². The molecule has 1 fully saturated rings. The molecule has 1 saturated heterocycles. The smallest absolute Gasteiger partial charge is 0.286 e. The summed E-state index contributed by atoms with van der Waals surface area (Å²) in [6.45, 7) is 6.58. The van der Waals surface area contributed by atoms with E-state index in [2.05, 4.69) is 9.98 Å². The van der Waals surface area contributed by atoms with Crippen molar-refractivity contribution in [2.45, 2.75) is 38.8 Å². The molecule has 0 bridgehead atoms. The molecular weight excluding hydrogens is 348 g/mol. The Morgan fingerprint density at radius 2 is 1.38 bits per heavy atom. The van der Waals surface area contributed by atoms with Crippen molar-refractivity contribution >= 4 is 11.4 Å². The lowest BCUT2D eigenvalue weighted by Crippen LogP contribution is -2.52. The highest BCUT2D eigenvalue weighted by Gasteiger charge is 2.57. The molecule has 1 aromatic carbocycles. The average molecular weight is 363 g/mol. The third-order valence-electron chi connectivity index (χ3n) is 5.05. The van der Waals surface area contributed by atoms with E-state index in [0.717, 1.165) is 17.2 Å². The topological polar surface area (TPSA) is 158 Å². The van der Waals surface area contributed by atoms with E-state index in [0.29, 0.717) is 5.06 Å². The third-order valence-corrected chi connectivity index (χ3v) is 5.05. The molecule has 3 rings (SSSR count). The Bertz CT molecular complexity index is 921. The van der Waals surface area contributed by atoms with Crippen LogP contribution in [0.5, 0.6) is 0 Å². The van der Waals surface area contributed by atoms with Crippen molar-refractivity contribution in [1.82, 2.24) is 10.1 Å². The van der Waals surface area contributed by atoms with E-state index >= 15 is 0 Å². The summed E-state index contributed by atoms with van der Waals surface area (Å²) in [4.78, 5) is 28.4. The fourth-order valence-electron chi connectivity index (χ4n) is 2.69. The zero-order chi connectivity index (χ0) is 19.6. The summed E-state index contributed by atoms with van der Waals surface area (Å²) in [5.74, 6) is -0.410. The zero-order valence-corrected chi connectivity index (χ0v) is 14.3. The second-order valence-corrected chi connectivity index (χ2v) is 6.94. The maximum absolute atomic E-state index is 12.7. The summed E-state index contributed by atoms with van der Waals surface area (Å²) < 4.78 is 0. The standard InChI is InChI=1S/C14H15N6O6/c1-13(2)14(3,4)18(22)12(17(13)21)11-15-7-5-9(19(23)24)10(20(25)26)6-8(7)16-11/h5-6,21H,1-4H3. The van der Waals surface area contributed by atoms with Crippen molar-refractivity contribution in [1.29, 1.82) is 0 Å². The molecule has 137 valence electrons. The molecule has 0 saturated carbocycles. The number of rotatable bonds is 2. The van der Waals surface area contributed by atoms with Gasteiger partial charge in [0.25, 0.3) is 0 Å². The van der Waals surface area contributed by atoms with E-state index in [4.69, 9.17) is 0 Å². The maximum atomic E-state index is 12.7. The number of hydroxylamine groups is 4. The van der Waals surface area contributed by atoms with Crippen LogP contribution in [0, 0.1) is 20.2 Å². The summed E-state index contributed by atoms with van der Waals surface area (Å²) in [6, 6.07) is 1.85. The van der Waals surface area contributed by atoms with Crippen molar-refractivity contribution in [3.05, 3.63) is 54.7 Å². The van der Waals surface area contributed by atoms with Crippen LogP contribution in [0.25, 0.3) is 0 Å². The lowest BCUT2D eigenvalue weighted by molar-refractivity contribution is -0.422. The van der Waals surface area contributed by atoms with Gasteiger partial charge in [-0.2, -0.15) is 5.06 Å². The molecule has 0 unspecified atom stereocenters. The molecule has 12 nitrogen and oxygen atoms in total. The quantitative estimate of drug-likeness (QED) is 0.601. The fourth-order valence-corrected chi connectivity index (χ4v) is 2.69. The van der Waals surface area contributed by atoms with Crippen molar-refractivity contribution in [3.8, 4) is 0 Å². The molecule has 0 atom stereocenters. The Balaban J connectivity index is 2.26. The number of hydrogen-bond acceptors (Lipinski definition) is 9. The second kappa shape index (κ2) is 5.19. The van der Waals surface area contributed by atoms with E-state index < -0.39 is 32.3 Å². The van der Waals surface area contributed by atoms with Crippen LogP contribution in [-0.4, -0.2) is 36.3 Å². The van der Waals surface area contributed by atoms with Gasteiger partial charge in [0.2, 0.25) is 5.82 Å². The molecule has 1 radical (unpaired) electrons. The van der Waals surface area contributed by atoms with Gasteiger partial charge in [0.1, 0.15) is 0 Å². The van der Waals surface area contributed by atoms with Crippen LogP contribution >= 0.6 is 0 Å². The van der Waals surface area contributed by atoms with Gasteiger partial charge in [0.05, 0.1) is 43.8 Å². The summed E-state index contributed by atoms with van der Waals surface area (Å²) in [6.07, 6.45) is 0. The molecule has 2 aliphatic rings. The van der Waals surface area contributed by atoms with Crippen molar-refractivity contribution in [2.75, 3.05) is 0 Å². The van der Waals surface area contributed by atoms with Crippen molar-refractivity contribution in [3.63, 3.8) is 0 Å². The fraction of sp³-hybridized carbons (Fsp3) is 0.429. The number of nitro benzene ring substituents is 2. The lowest BCUT2D eigenvalue weighted by Gasteiger charge is -2.36. The average Bonchev–Trinajstić information content (AvgIpc) is 2.99. The van der Waals surface area contributed by atoms with Gasteiger partial charge in [0.15, 0.2) is 5.82 Å². The van der Waals surface area contributed by atoms with Gasteiger partial charge in [-0.3, -0.25) is 25.4 Å². The number of benzene rings is 1. The highest BCUT2D eigenvalue weighted by atomic mass is 16.6. The van der Waals surface area contributed by atoms with Gasteiger partial charge in [-0.1, -0.05) is 5.21 Å². The van der Waals surface area contributed by atoms with Crippen LogP contribution in [0.2, 0.25) is 0 Å². The second-order valence-electron chi connectivity index (χ2n) is 6.94. The summed E-state index contributed by atoms with van der Waals surface area (Å²) in [5, 5.41) is 46.5. The van der Waals surface area contributed by atoms with Crippen molar-refractivity contribution in [2.24, 2.45) is 9.98 Å². The van der Waals surface area contributed by atoms with Crippen LogP contribution in [0.1, 0.15) is 27.7 Å². The molecule has 0 aromatic heterocycles. The maximum Gasteiger partial charge on any atom is 0.348 e.